The van der Waals surface area contributed by atoms with Crippen molar-refractivity contribution in [2.45, 2.75) is 0 Å². The molecule has 0 aromatic heterocycles. The number of ether oxygens (including phenoxy) is 1. The number of halogens is 1. The maximum atomic E-state index is 12.4. The van der Waals surface area contributed by atoms with Crippen LogP contribution >= 0.6 is 15.9 Å². The Balaban J connectivity index is 1.66. The van der Waals surface area contributed by atoms with Crippen molar-refractivity contribution in [3.05, 3.63) is 94.5 Å². The maximum absolute atomic E-state index is 12.4. The van der Waals surface area contributed by atoms with E-state index in [9.17, 15) is 9.59 Å². The quantitative estimate of drug-likeness (QED) is 0.496. The van der Waals surface area contributed by atoms with Gasteiger partial charge in [-0.25, -0.2) is 0 Å². The molecule has 29 heavy (non-hydrogen) atoms. The second kappa shape index (κ2) is 9.71. The molecule has 3 rings (SSSR count). The number of hydrogen-bond donors (Lipinski definition) is 2. The van der Waals surface area contributed by atoms with Gasteiger partial charge in [-0.3, -0.25) is 9.59 Å². The van der Waals surface area contributed by atoms with Gasteiger partial charge in [0.2, 0.25) is 5.91 Å². The first-order valence-corrected chi connectivity index (χ1v) is 9.63. The number of carbonyl (C=O) groups excluding carboxylic acids is 2. The van der Waals surface area contributed by atoms with Crippen LogP contribution in [0.1, 0.15) is 15.9 Å². The van der Waals surface area contributed by atoms with Gasteiger partial charge in [-0.1, -0.05) is 30.3 Å². The van der Waals surface area contributed by atoms with Gasteiger partial charge < -0.3 is 15.4 Å². The van der Waals surface area contributed by atoms with E-state index in [1.165, 1.54) is 6.08 Å². The monoisotopic (exact) mass is 450 g/mol. The molecular formula is C23H19BrN2O3. The molecule has 0 aliphatic carbocycles. The number of methoxy groups -OCH3 is 1. The first kappa shape index (κ1) is 20.4. The van der Waals surface area contributed by atoms with Crippen molar-refractivity contribution in [2.24, 2.45) is 0 Å². The van der Waals surface area contributed by atoms with E-state index in [0.717, 1.165) is 11.3 Å². The van der Waals surface area contributed by atoms with E-state index in [2.05, 4.69) is 26.6 Å². The molecule has 0 saturated heterocycles. The van der Waals surface area contributed by atoms with E-state index in [1.54, 1.807) is 55.7 Å². The van der Waals surface area contributed by atoms with E-state index in [0.29, 0.717) is 21.4 Å². The highest BCUT2D eigenvalue weighted by Gasteiger charge is 2.09. The SMILES string of the molecule is COc1ccc(/C=C/C(=O)Nc2ccc(Br)c(NC(=O)c3ccccc3)c2)cc1. The van der Waals surface area contributed by atoms with E-state index in [1.807, 2.05) is 30.3 Å². The van der Waals surface area contributed by atoms with Gasteiger partial charge in [0.1, 0.15) is 5.75 Å². The van der Waals surface area contributed by atoms with Gasteiger partial charge in [0.15, 0.2) is 0 Å². The molecule has 2 amide bonds. The lowest BCUT2D eigenvalue weighted by Gasteiger charge is -2.10. The number of carbonyl (C=O) groups is 2. The molecule has 0 unspecified atom stereocenters. The first-order chi connectivity index (χ1) is 14.0. The average molecular weight is 451 g/mol. The van der Waals surface area contributed by atoms with E-state index >= 15 is 0 Å². The molecule has 0 radical (unpaired) electrons. The number of hydrogen-bond acceptors (Lipinski definition) is 3. The van der Waals surface area contributed by atoms with Crippen LogP contribution in [0.5, 0.6) is 5.75 Å². The lowest BCUT2D eigenvalue weighted by molar-refractivity contribution is -0.111. The van der Waals surface area contributed by atoms with E-state index in [4.69, 9.17) is 4.74 Å². The van der Waals surface area contributed by atoms with Crippen molar-refractivity contribution in [3.8, 4) is 5.75 Å². The number of rotatable bonds is 6. The van der Waals surface area contributed by atoms with E-state index < -0.39 is 0 Å². The fourth-order valence-corrected chi connectivity index (χ4v) is 2.90. The zero-order chi connectivity index (χ0) is 20.6. The molecule has 0 bridgehead atoms. The van der Waals surface area contributed by atoms with Crippen LogP contribution in [0.3, 0.4) is 0 Å². The maximum Gasteiger partial charge on any atom is 0.255 e. The number of amides is 2. The van der Waals surface area contributed by atoms with Crippen LogP contribution in [0.2, 0.25) is 0 Å². The Morgan fingerprint density at radius 2 is 1.66 bits per heavy atom. The summed E-state index contributed by atoms with van der Waals surface area (Å²) in [5.74, 6) is 0.254. The normalized spacial score (nSPS) is 10.6. The molecule has 3 aromatic carbocycles. The van der Waals surface area contributed by atoms with Gasteiger partial charge >= 0.3 is 0 Å². The number of benzene rings is 3. The minimum Gasteiger partial charge on any atom is -0.497 e. The van der Waals surface area contributed by atoms with Gasteiger partial charge in [0, 0.05) is 21.8 Å². The Kier molecular flexibility index (Phi) is 6.81. The van der Waals surface area contributed by atoms with Crippen LogP contribution in [0.15, 0.2) is 83.3 Å². The Hall–Kier alpha value is -3.38. The highest BCUT2D eigenvalue weighted by atomic mass is 79.9. The molecule has 0 aliphatic heterocycles. The standard InChI is InChI=1S/C23H19BrN2O3/c1-29-19-11-7-16(8-12-19)9-14-22(27)25-18-10-13-20(24)21(15-18)26-23(28)17-5-3-2-4-6-17/h2-15H,1H3,(H,25,27)(H,26,28)/b14-9+. The van der Waals surface area contributed by atoms with Crippen LogP contribution in [0.4, 0.5) is 11.4 Å². The van der Waals surface area contributed by atoms with Crippen molar-refractivity contribution in [2.75, 3.05) is 17.7 Å². The zero-order valence-corrected chi connectivity index (χ0v) is 17.3. The van der Waals surface area contributed by atoms with Crippen molar-refractivity contribution in [3.63, 3.8) is 0 Å². The van der Waals surface area contributed by atoms with Crippen LogP contribution < -0.4 is 15.4 Å². The van der Waals surface area contributed by atoms with Gasteiger partial charge in [-0.2, -0.15) is 0 Å². The molecular weight excluding hydrogens is 432 g/mol. The Morgan fingerprint density at radius 3 is 2.34 bits per heavy atom. The van der Waals surface area contributed by atoms with Crippen LogP contribution in [-0.4, -0.2) is 18.9 Å². The fraction of sp³-hybridized carbons (Fsp3) is 0.0435. The molecule has 0 aliphatic rings. The summed E-state index contributed by atoms with van der Waals surface area (Å²) in [7, 11) is 1.60. The Bertz CT molecular complexity index is 1030. The van der Waals surface area contributed by atoms with Crippen LogP contribution in [0.25, 0.3) is 6.08 Å². The summed E-state index contributed by atoms with van der Waals surface area (Å²) in [6.45, 7) is 0. The largest absolute Gasteiger partial charge is 0.497 e. The Morgan fingerprint density at radius 1 is 0.931 bits per heavy atom. The predicted octanol–water partition coefficient (Wildman–Crippen LogP) is 5.36. The van der Waals surface area contributed by atoms with Crippen molar-refractivity contribution in [1.29, 1.82) is 0 Å². The molecule has 0 saturated carbocycles. The molecule has 6 heteroatoms. The molecule has 0 spiro atoms. The van der Waals surface area contributed by atoms with Gasteiger partial charge in [-0.05, 0) is 70.0 Å². The Labute approximate surface area is 177 Å². The third kappa shape index (κ3) is 5.80. The minimum absolute atomic E-state index is 0.228. The van der Waals surface area contributed by atoms with Crippen LogP contribution in [0, 0.1) is 0 Å². The summed E-state index contributed by atoms with van der Waals surface area (Å²) in [6.07, 6.45) is 3.16. The fourth-order valence-electron chi connectivity index (χ4n) is 2.55. The summed E-state index contributed by atoms with van der Waals surface area (Å²) >= 11 is 3.42. The highest BCUT2D eigenvalue weighted by molar-refractivity contribution is 9.10. The number of nitrogens with one attached hydrogen (secondary N) is 2. The van der Waals surface area contributed by atoms with Gasteiger partial charge in [-0.15, -0.1) is 0 Å². The van der Waals surface area contributed by atoms with Gasteiger partial charge in [0.25, 0.3) is 5.91 Å². The predicted molar refractivity (Wildman–Crippen MR) is 119 cm³/mol. The van der Waals surface area contributed by atoms with Crippen molar-refractivity contribution >= 4 is 45.2 Å². The summed E-state index contributed by atoms with van der Waals surface area (Å²) in [6, 6.07) is 21.5. The third-order valence-corrected chi connectivity index (χ3v) is 4.75. The lowest BCUT2D eigenvalue weighted by Crippen LogP contribution is -2.13. The first-order valence-electron chi connectivity index (χ1n) is 8.84. The zero-order valence-electron chi connectivity index (χ0n) is 15.7. The summed E-state index contributed by atoms with van der Waals surface area (Å²) in [4.78, 5) is 24.6. The minimum atomic E-state index is -0.275. The molecule has 5 nitrogen and oxygen atoms in total. The van der Waals surface area contributed by atoms with Crippen molar-refractivity contribution in [1.82, 2.24) is 0 Å². The van der Waals surface area contributed by atoms with Crippen molar-refractivity contribution < 1.29 is 14.3 Å². The summed E-state index contributed by atoms with van der Waals surface area (Å²) < 4.78 is 5.83. The molecule has 146 valence electrons. The second-order valence-electron chi connectivity index (χ2n) is 6.11. The third-order valence-electron chi connectivity index (χ3n) is 4.06. The van der Waals surface area contributed by atoms with E-state index in [-0.39, 0.29) is 11.8 Å². The second-order valence-corrected chi connectivity index (χ2v) is 6.96. The number of anilines is 2. The summed E-state index contributed by atoms with van der Waals surface area (Å²) in [5, 5.41) is 5.63. The molecule has 3 aromatic rings. The summed E-state index contributed by atoms with van der Waals surface area (Å²) in [5.41, 5.74) is 2.57. The molecule has 0 atom stereocenters. The van der Waals surface area contributed by atoms with Crippen LogP contribution in [-0.2, 0) is 4.79 Å². The molecule has 2 N–H and O–H groups in total. The average Bonchev–Trinajstić information content (AvgIpc) is 2.75. The lowest BCUT2D eigenvalue weighted by atomic mass is 10.2. The smallest absolute Gasteiger partial charge is 0.255 e. The van der Waals surface area contributed by atoms with Gasteiger partial charge in [0.05, 0.1) is 12.8 Å². The topological polar surface area (TPSA) is 67.4 Å². The molecule has 0 heterocycles. The molecule has 0 fully saturated rings. The highest BCUT2D eigenvalue weighted by Crippen LogP contribution is 2.26.